The van der Waals surface area contributed by atoms with Gasteiger partial charge in [0, 0.05) is 23.2 Å². The molecule has 0 aliphatic heterocycles. The van der Waals surface area contributed by atoms with Crippen molar-refractivity contribution in [1.29, 1.82) is 0 Å². The van der Waals surface area contributed by atoms with Gasteiger partial charge in [-0.25, -0.2) is 0 Å². The van der Waals surface area contributed by atoms with E-state index >= 15 is 0 Å². The lowest BCUT2D eigenvalue weighted by atomic mass is 10.2. The quantitative estimate of drug-likeness (QED) is 0.768. The largest absolute Gasteiger partial charge is 0.303 e. The van der Waals surface area contributed by atoms with Crippen molar-refractivity contribution in [3.05, 3.63) is 40.7 Å². The van der Waals surface area contributed by atoms with Crippen molar-refractivity contribution in [1.82, 2.24) is 14.8 Å². The molecule has 0 bridgehead atoms. The fourth-order valence-corrected chi connectivity index (χ4v) is 3.18. The third kappa shape index (κ3) is 3.51. The van der Waals surface area contributed by atoms with Gasteiger partial charge >= 0.3 is 0 Å². The normalized spacial score (nSPS) is 11.2. The molecular weight excluding hydrogens is 278 g/mol. The number of aryl methyl sites for hydroxylation is 1. The first kappa shape index (κ1) is 14.4. The van der Waals surface area contributed by atoms with Gasteiger partial charge in [-0.2, -0.15) is 0 Å². The number of aromatic nitrogens is 3. The summed E-state index contributed by atoms with van der Waals surface area (Å²) in [6.07, 6.45) is 0.906. The Morgan fingerprint density at radius 1 is 1.32 bits per heavy atom. The summed E-state index contributed by atoms with van der Waals surface area (Å²) in [5.41, 5.74) is 1.20. The number of thioether (sulfide) groups is 1. The van der Waals surface area contributed by atoms with E-state index < -0.39 is 0 Å². The van der Waals surface area contributed by atoms with Gasteiger partial charge in [-0.1, -0.05) is 42.4 Å². The monoisotopic (exact) mass is 295 g/mol. The van der Waals surface area contributed by atoms with E-state index in [2.05, 4.69) is 41.6 Å². The minimum Gasteiger partial charge on any atom is -0.303 e. The highest BCUT2D eigenvalue weighted by Crippen LogP contribution is 2.26. The molecule has 0 aliphatic carbocycles. The van der Waals surface area contributed by atoms with Gasteiger partial charge in [0.2, 0.25) is 0 Å². The van der Waals surface area contributed by atoms with Gasteiger partial charge in [-0.15, -0.1) is 10.2 Å². The second-order valence-corrected chi connectivity index (χ2v) is 6.01. The zero-order chi connectivity index (χ0) is 13.8. The summed E-state index contributed by atoms with van der Waals surface area (Å²) in [5, 5.41) is 10.3. The van der Waals surface area contributed by atoms with Crippen LogP contribution in [0.15, 0.2) is 29.4 Å². The van der Waals surface area contributed by atoms with E-state index in [4.69, 9.17) is 11.6 Å². The molecule has 19 heavy (non-hydrogen) atoms. The highest BCUT2D eigenvalue weighted by molar-refractivity contribution is 7.98. The molecule has 0 saturated carbocycles. The maximum Gasteiger partial charge on any atom is 0.191 e. The second-order valence-electron chi connectivity index (χ2n) is 4.63. The Bertz CT molecular complexity index is 551. The van der Waals surface area contributed by atoms with Crippen LogP contribution in [0.25, 0.3) is 0 Å². The van der Waals surface area contributed by atoms with Crippen LogP contribution in [0.2, 0.25) is 5.02 Å². The molecule has 1 aromatic heterocycles. The molecule has 0 N–H and O–H groups in total. The Kier molecular flexibility index (Phi) is 4.88. The molecular formula is C14H18ClN3S. The zero-order valence-electron chi connectivity index (χ0n) is 11.4. The average molecular weight is 296 g/mol. The minimum atomic E-state index is 0.381. The summed E-state index contributed by atoms with van der Waals surface area (Å²) in [4.78, 5) is 0. The molecule has 3 nitrogen and oxygen atoms in total. The predicted molar refractivity (Wildman–Crippen MR) is 80.8 cm³/mol. The van der Waals surface area contributed by atoms with E-state index in [0.29, 0.717) is 6.04 Å². The molecule has 1 heterocycles. The molecule has 102 valence electrons. The first-order chi connectivity index (χ1) is 9.11. The van der Waals surface area contributed by atoms with Crippen molar-refractivity contribution in [3.8, 4) is 0 Å². The Morgan fingerprint density at radius 2 is 2.11 bits per heavy atom. The minimum absolute atomic E-state index is 0.381. The van der Waals surface area contributed by atoms with Crippen LogP contribution in [0.5, 0.6) is 0 Å². The van der Waals surface area contributed by atoms with Gasteiger partial charge in [0.05, 0.1) is 0 Å². The van der Waals surface area contributed by atoms with Gasteiger partial charge in [-0.3, -0.25) is 0 Å². The maximum absolute atomic E-state index is 5.99. The third-order valence-corrected chi connectivity index (χ3v) is 4.07. The molecule has 1 aromatic carbocycles. The molecule has 5 heteroatoms. The van der Waals surface area contributed by atoms with E-state index in [1.165, 1.54) is 5.56 Å². The van der Waals surface area contributed by atoms with Gasteiger partial charge in [0.1, 0.15) is 5.82 Å². The molecule has 0 amide bonds. The van der Waals surface area contributed by atoms with Crippen molar-refractivity contribution in [2.75, 3.05) is 0 Å². The standard InChI is InChI=1S/C14H18ClN3S/c1-4-13-16-17-14(18(13)10(2)3)19-9-11-6-5-7-12(15)8-11/h5-8,10H,4,9H2,1-3H3. The van der Waals surface area contributed by atoms with Gasteiger partial charge in [0.15, 0.2) is 5.16 Å². The molecule has 0 aliphatic rings. The van der Waals surface area contributed by atoms with Crippen LogP contribution >= 0.6 is 23.4 Å². The summed E-state index contributed by atoms with van der Waals surface area (Å²) >= 11 is 7.70. The summed E-state index contributed by atoms with van der Waals surface area (Å²) in [6, 6.07) is 8.32. The molecule has 2 aromatic rings. The van der Waals surface area contributed by atoms with Crippen LogP contribution < -0.4 is 0 Å². The molecule has 0 spiro atoms. The Labute approximate surface area is 123 Å². The average Bonchev–Trinajstić information content (AvgIpc) is 2.79. The van der Waals surface area contributed by atoms with E-state index in [1.54, 1.807) is 11.8 Å². The lowest BCUT2D eigenvalue weighted by Crippen LogP contribution is -2.07. The lowest BCUT2D eigenvalue weighted by molar-refractivity contribution is 0.528. The van der Waals surface area contributed by atoms with E-state index in [-0.39, 0.29) is 0 Å². The molecule has 0 saturated heterocycles. The molecule has 0 fully saturated rings. The van der Waals surface area contributed by atoms with Crippen LogP contribution in [0.3, 0.4) is 0 Å². The topological polar surface area (TPSA) is 30.7 Å². The van der Waals surface area contributed by atoms with E-state index in [1.807, 2.05) is 18.2 Å². The molecule has 0 radical (unpaired) electrons. The number of halogens is 1. The summed E-state index contributed by atoms with van der Waals surface area (Å²) in [6.45, 7) is 6.42. The Balaban J connectivity index is 2.13. The van der Waals surface area contributed by atoms with Crippen LogP contribution in [0.1, 0.15) is 38.2 Å². The smallest absolute Gasteiger partial charge is 0.191 e. The van der Waals surface area contributed by atoms with Crippen LogP contribution in [-0.4, -0.2) is 14.8 Å². The molecule has 2 rings (SSSR count). The van der Waals surface area contributed by atoms with Crippen molar-refractivity contribution in [3.63, 3.8) is 0 Å². The van der Waals surface area contributed by atoms with E-state index in [9.17, 15) is 0 Å². The number of benzene rings is 1. The third-order valence-electron chi connectivity index (χ3n) is 2.82. The SMILES string of the molecule is CCc1nnc(SCc2cccc(Cl)c2)n1C(C)C. The summed E-state index contributed by atoms with van der Waals surface area (Å²) < 4.78 is 2.20. The number of hydrogen-bond donors (Lipinski definition) is 0. The Hall–Kier alpha value is -1.00. The fourth-order valence-electron chi connectivity index (χ4n) is 1.94. The predicted octanol–water partition coefficient (Wildman–Crippen LogP) is 4.37. The highest BCUT2D eigenvalue weighted by Gasteiger charge is 2.13. The Morgan fingerprint density at radius 3 is 2.74 bits per heavy atom. The molecule has 0 atom stereocenters. The fraction of sp³-hybridized carbons (Fsp3) is 0.429. The molecule has 0 unspecified atom stereocenters. The summed E-state index contributed by atoms with van der Waals surface area (Å²) in [7, 11) is 0. The van der Waals surface area contributed by atoms with Gasteiger partial charge in [-0.05, 0) is 31.5 Å². The van der Waals surface area contributed by atoms with E-state index in [0.717, 1.165) is 28.2 Å². The van der Waals surface area contributed by atoms with Gasteiger partial charge < -0.3 is 4.57 Å². The lowest BCUT2D eigenvalue weighted by Gasteiger charge is -2.12. The van der Waals surface area contributed by atoms with Crippen molar-refractivity contribution in [2.24, 2.45) is 0 Å². The zero-order valence-corrected chi connectivity index (χ0v) is 13.0. The van der Waals surface area contributed by atoms with Crippen molar-refractivity contribution < 1.29 is 0 Å². The first-order valence-electron chi connectivity index (χ1n) is 6.42. The van der Waals surface area contributed by atoms with Crippen LogP contribution in [0, 0.1) is 0 Å². The first-order valence-corrected chi connectivity index (χ1v) is 7.79. The van der Waals surface area contributed by atoms with Crippen molar-refractivity contribution >= 4 is 23.4 Å². The van der Waals surface area contributed by atoms with Crippen molar-refractivity contribution in [2.45, 2.75) is 44.1 Å². The summed E-state index contributed by atoms with van der Waals surface area (Å²) in [5.74, 6) is 1.90. The highest BCUT2D eigenvalue weighted by atomic mass is 35.5. The van der Waals surface area contributed by atoms with Gasteiger partial charge in [0.25, 0.3) is 0 Å². The maximum atomic E-state index is 5.99. The number of hydrogen-bond acceptors (Lipinski definition) is 3. The number of nitrogens with zero attached hydrogens (tertiary/aromatic N) is 3. The number of rotatable bonds is 5. The van der Waals surface area contributed by atoms with Crippen LogP contribution in [0.4, 0.5) is 0 Å². The second kappa shape index (κ2) is 6.44. The van der Waals surface area contributed by atoms with Crippen LogP contribution in [-0.2, 0) is 12.2 Å².